The summed E-state index contributed by atoms with van der Waals surface area (Å²) in [5.41, 5.74) is 7.15. The Morgan fingerprint density at radius 1 is 1.42 bits per heavy atom. The van der Waals surface area contributed by atoms with Crippen molar-refractivity contribution in [3.8, 4) is 5.75 Å². The fourth-order valence-electron chi connectivity index (χ4n) is 1.55. The van der Waals surface area contributed by atoms with Crippen molar-refractivity contribution < 1.29 is 9.94 Å². The lowest BCUT2D eigenvalue weighted by atomic mass is 10.1. The first-order chi connectivity index (χ1) is 9.10. The number of nitrogens with zero attached hydrogens (tertiary/aromatic N) is 1. The van der Waals surface area contributed by atoms with Crippen molar-refractivity contribution in [3.63, 3.8) is 0 Å². The molecule has 4 nitrogen and oxygen atoms in total. The number of amidine groups is 1. The average Bonchev–Trinajstić information content (AvgIpc) is 2.82. The van der Waals surface area contributed by atoms with Crippen molar-refractivity contribution in [3.05, 3.63) is 50.7 Å². The van der Waals surface area contributed by atoms with Gasteiger partial charge in [0.2, 0.25) is 0 Å². The van der Waals surface area contributed by atoms with E-state index >= 15 is 0 Å². The summed E-state index contributed by atoms with van der Waals surface area (Å²) < 4.78 is 6.47. The first-order valence-corrected chi connectivity index (χ1v) is 6.75. The molecule has 0 atom stereocenters. The highest BCUT2D eigenvalue weighted by Crippen LogP contribution is 2.25. The number of halogens is 1. The first kappa shape index (κ1) is 13.7. The van der Waals surface area contributed by atoms with Gasteiger partial charge in [-0.05, 0) is 30.7 Å². The van der Waals surface area contributed by atoms with Gasteiger partial charge in [0.25, 0.3) is 0 Å². The van der Waals surface area contributed by atoms with Crippen LogP contribution >= 0.6 is 22.9 Å². The molecular weight excluding hydrogens is 284 g/mol. The standard InChI is InChI=1S/C13H13ClN2O2S/c1-8-2-3-9(13(15)16-17)6-11(8)18-7-10-4-5-12(14)19-10/h2-6,17H,7H2,1H3,(H2,15,16). The number of thiophene rings is 1. The number of aryl methyl sites for hydroxylation is 1. The Hall–Kier alpha value is -1.72. The van der Waals surface area contributed by atoms with Crippen LogP contribution in [0, 0.1) is 6.92 Å². The Bertz CT molecular complexity index is 610. The molecule has 0 spiro atoms. The van der Waals surface area contributed by atoms with Crippen molar-refractivity contribution in [2.24, 2.45) is 10.9 Å². The second-order valence-electron chi connectivity index (χ2n) is 3.96. The fourth-order valence-corrected chi connectivity index (χ4v) is 2.55. The maximum atomic E-state index is 8.67. The third kappa shape index (κ3) is 3.39. The van der Waals surface area contributed by atoms with Gasteiger partial charge in [0.05, 0.1) is 4.34 Å². The van der Waals surface area contributed by atoms with Crippen molar-refractivity contribution in [2.45, 2.75) is 13.5 Å². The molecule has 1 heterocycles. The number of oxime groups is 1. The van der Waals surface area contributed by atoms with E-state index in [1.807, 2.05) is 25.1 Å². The van der Waals surface area contributed by atoms with E-state index in [4.69, 9.17) is 27.3 Å². The van der Waals surface area contributed by atoms with Gasteiger partial charge in [0.15, 0.2) is 5.84 Å². The number of hydrogen-bond acceptors (Lipinski definition) is 4. The number of rotatable bonds is 4. The molecule has 0 aliphatic carbocycles. The number of ether oxygens (including phenoxy) is 1. The second-order valence-corrected chi connectivity index (χ2v) is 5.76. The van der Waals surface area contributed by atoms with E-state index in [-0.39, 0.29) is 5.84 Å². The normalized spacial score (nSPS) is 11.6. The summed E-state index contributed by atoms with van der Waals surface area (Å²) in [6, 6.07) is 9.16. The van der Waals surface area contributed by atoms with Gasteiger partial charge < -0.3 is 15.7 Å². The summed E-state index contributed by atoms with van der Waals surface area (Å²) in [6.07, 6.45) is 0. The van der Waals surface area contributed by atoms with E-state index < -0.39 is 0 Å². The van der Waals surface area contributed by atoms with Crippen molar-refractivity contribution in [1.29, 1.82) is 0 Å². The van der Waals surface area contributed by atoms with Gasteiger partial charge in [-0.3, -0.25) is 0 Å². The van der Waals surface area contributed by atoms with Crippen LogP contribution in [0.15, 0.2) is 35.5 Å². The molecule has 1 aromatic heterocycles. The summed E-state index contributed by atoms with van der Waals surface area (Å²) in [5, 5.41) is 11.6. The SMILES string of the molecule is Cc1ccc(/C(N)=N/O)cc1OCc1ccc(Cl)s1. The Labute approximate surface area is 120 Å². The lowest BCUT2D eigenvalue weighted by Crippen LogP contribution is -2.13. The molecule has 0 aliphatic heterocycles. The minimum atomic E-state index is 0.0593. The molecule has 0 saturated heterocycles. The quantitative estimate of drug-likeness (QED) is 0.393. The van der Waals surface area contributed by atoms with E-state index in [0.717, 1.165) is 14.8 Å². The molecule has 0 bridgehead atoms. The van der Waals surface area contributed by atoms with E-state index in [1.54, 1.807) is 12.1 Å². The molecule has 0 unspecified atom stereocenters. The third-order valence-electron chi connectivity index (χ3n) is 2.59. The van der Waals surface area contributed by atoms with Crippen molar-refractivity contribution in [1.82, 2.24) is 0 Å². The van der Waals surface area contributed by atoms with Crippen LogP contribution < -0.4 is 10.5 Å². The van der Waals surface area contributed by atoms with E-state index in [1.165, 1.54) is 11.3 Å². The van der Waals surface area contributed by atoms with Crippen LogP contribution in [0.5, 0.6) is 5.75 Å². The molecule has 0 fully saturated rings. The van der Waals surface area contributed by atoms with Crippen LogP contribution in [0.1, 0.15) is 16.0 Å². The molecule has 2 rings (SSSR count). The van der Waals surface area contributed by atoms with Crippen molar-refractivity contribution in [2.75, 3.05) is 0 Å². The van der Waals surface area contributed by atoms with Gasteiger partial charge in [-0.2, -0.15) is 0 Å². The molecule has 100 valence electrons. The zero-order chi connectivity index (χ0) is 13.8. The van der Waals surface area contributed by atoms with E-state index in [2.05, 4.69) is 5.16 Å². The summed E-state index contributed by atoms with van der Waals surface area (Å²) in [4.78, 5) is 1.04. The molecule has 0 radical (unpaired) electrons. The molecule has 0 amide bonds. The molecule has 1 aromatic carbocycles. The molecule has 2 aromatic rings. The smallest absolute Gasteiger partial charge is 0.170 e. The monoisotopic (exact) mass is 296 g/mol. The van der Waals surface area contributed by atoms with E-state index in [9.17, 15) is 0 Å². The van der Waals surface area contributed by atoms with E-state index in [0.29, 0.717) is 17.9 Å². The van der Waals surface area contributed by atoms with Crippen LogP contribution in [-0.4, -0.2) is 11.0 Å². The molecule has 0 saturated carbocycles. The number of hydrogen-bond donors (Lipinski definition) is 2. The Morgan fingerprint density at radius 2 is 2.21 bits per heavy atom. The lowest BCUT2D eigenvalue weighted by Gasteiger charge is -2.09. The highest BCUT2D eigenvalue weighted by molar-refractivity contribution is 7.16. The minimum absolute atomic E-state index is 0.0593. The van der Waals surface area contributed by atoms with Gasteiger partial charge in [-0.1, -0.05) is 28.9 Å². The van der Waals surface area contributed by atoms with Gasteiger partial charge in [0.1, 0.15) is 12.4 Å². The highest BCUT2D eigenvalue weighted by atomic mass is 35.5. The summed E-state index contributed by atoms with van der Waals surface area (Å²) >= 11 is 7.34. The van der Waals surface area contributed by atoms with Gasteiger partial charge in [-0.25, -0.2) is 0 Å². The topological polar surface area (TPSA) is 67.8 Å². The van der Waals surface area contributed by atoms with Crippen LogP contribution in [-0.2, 0) is 6.61 Å². The maximum absolute atomic E-state index is 8.67. The van der Waals surface area contributed by atoms with Crippen molar-refractivity contribution >= 4 is 28.8 Å². The zero-order valence-electron chi connectivity index (χ0n) is 10.3. The summed E-state index contributed by atoms with van der Waals surface area (Å²) in [7, 11) is 0. The van der Waals surface area contributed by atoms with Gasteiger partial charge in [-0.15, -0.1) is 11.3 Å². The van der Waals surface area contributed by atoms with Gasteiger partial charge >= 0.3 is 0 Å². The summed E-state index contributed by atoms with van der Waals surface area (Å²) in [5.74, 6) is 0.762. The fraction of sp³-hybridized carbons (Fsp3) is 0.154. The molecule has 6 heteroatoms. The predicted octanol–water partition coefficient (Wildman–Crippen LogP) is 3.38. The molecule has 19 heavy (non-hydrogen) atoms. The van der Waals surface area contributed by atoms with Crippen LogP contribution in [0.25, 0.3) is 0 Å². The van der Waals surface area contributed by atoms with Crippen LogP contribution in [0.2, 0.25) is 4.34 Å². The van der Waals surface area contributed by atoms with Crippen LogP contribution in [0.3, 0.4) is 0 Å². The molecular formula is C13H13ClN2O2S. The first-order valence-electron chi connectivity index (χ1n) is 5.55. The number of nitrogens with two attached hydrogens (primary N) is 1. The Morgan fingerprint density at radius 3 is 2.84 bits per heavy atom. The molecule has 3 N–H and O–H groups in total. The zero-order valence-corrected chi connectivity index (χ0v) is 11.8. The van der Waals surface area contributed by atoms with Crippen LogP contribution in [0.4, 0.5) is 0 Å². The predicted molar refractivity (Wildman–Crippen MR) is 77.4 cm³/mol. The Balaban J connectivity index is 2.15. The third-order valence-corrected chi connectivity index (χ3v) is 3.80. The lowest BCUT2D eigenvalue weighted by molar-refractivity contribution is 0.307. The average molecular weight is 297 g/mol. The summed E-state index contributed by atoms with van der Waals surface area (Å²) in [6.45, 7) is 2.38. The maximum Gasteiger partial charge on any atom is 0.170 e. The largest absolute Gasteiger partial charge is 0.488 e. The minimum Gasteiger partial charge on any atom is -0.488 e. The second kappa shape index (κ2) is 5.95. The van der Waals surface area contributed by atoms with Gasteiger partial charge in [0, 0.05) is 10.4 Å². The Kier molecular flexibility index (Phi) is 4.29. The molecule has 0 aliphatic rings. The highest BCUT2D eigenvalue weighted by Gasteiger charge is 2.06. The number of benzene rings is 1.